The second-order valence-corrected chi connectivity index (χ2v) is 18.1. The number of piperazine rings is 1. The van der Waals surface area contributed by atoms with Gasteiger partial charge in [-0.25, -0.2) is 13.6 Å². The van der Waals surface area contributed by atoms with Crippen molar-refractivity contribution in [1.82, 2.24) is 10.2 Å². The minimum Gasteiger partial charge on any atom is -0.508 e. The second-order valence-electron chi connectivity index (χ2n) is 13.6. The van der Waals surface area contributed by atoms with E-state index in [2.05, 4.69) is 24.5 Å². The van der Waals surface area contributed by atoms with Crippen LogP contribution in [0.1, 0.15) is 56.2 Å². The lowest BCUT2D eigenvalue weighted by Crippen LogP contribution is -2.55. The Morgan fingerprint density at radius 2 is 1.63 bits per heavy atom. The van der Waals surface area contributed by atoms with Gasteiger partial charge in [-0.3, -0.25) is 4.79 Å². The Morgan fingerprint density at radius 1 is 1.02 bits per heavy atom. The van der Waals surface area contributed by atoms with Gasteiger partial charge in [0.05, 0.1) is 12.0 Å². The topological polar surface area (TPSA) is 105 Å². The van der Waals surface area contributed by atoms with E-state index in [9.17, 15) is 28.3 Å². The van der Waals surface area contributed by atoms with Gasteiger partial charge in [-0.1, -0.05) is 32.0 Å². The molecule has 11 heteroatoms. The molecule has 2 aliphatic rings. The average molecular weight is 651 g/mol. The minimum absolute atomic E-state index is 0.0426. The minimum atomic E-state index is -2.57. The summed E-state index contributed by atoms with van der Waals surface area (Å²) in [5.74, 6) is -1.47. The van der Waals surface area contributed by atoms with Crippen molar-refractivity contribution >= 4 is 31.6 Å². The van der Waals surface area contributed by atoms with Crippen molar-refractivity contribution in [3.63, 3.8) is 0 Å². The highest BCUT2D eigenvalue weighted by molar-refractivity contribution is 6.72. The van der Waals surface area contributed by atoms with Crippen LogP contribution in [0.5, 0.6) is 5.75 Å². The van der Waals surface area contributed by atoms with Crippen LogP contribution in [0.4, 0.5) is 25.0 Å². The summed E-state index contributed by atoms with van der Waals surface area (Å²) in [5, 5.41) is 17.0. The van der Waals surface area contributed by atoms with Crippen molar-refractivity contribution in [2.45, 2.75) is 63.2 Å². The molecule has 2 aliphatic heterocycles. The summed E-state index contributed by atoms with van der Waals surface area (Å²) in [6.07, 6.45) is 1.74. The van der Waals surface area contributed by atoms with E-state index >= 15 is 0 Å². The highest BCUT2D eigenvalue weighted by Gasteiger charge is 2.50. The van der Waals surface area contributed by atoms with E-state index in [4.69, 9.17) is 0 Å². The molecule has 0 radical (unpaired) electrons. The van der Waals surface area contributed by atoms with Gasteiger partial charge in [-0.2, -0.15) is 0 Å². The summed E-state index contributed by atoms with van der Waals surface area (Å²) in [4.78, 5) is 40.9. The van der Waals surface area contributed by atoms with Crippen molar-refractivity contribution in [3.05, 3.63) is 89.5 Å². The Bertz CT molecular complexity index is 1540. The molecular formula is C35H44F2N4O4Si. The van der Waals surface area contributed by atoms with Gasteiger partial charge in [0.25, 0.3) is 0 Å². The third-order valence-corrected chi connectivity index (χ3v) is 13.4. The SMILES string of the molecule is CC(C)(C[C@@H](CCC1C(=O)N(c2ccc(F)cc2)[C@@H]1c1ccc(NC(=O)N2CCNCC2)cc1O)c1ccc(F)cc1)[Si](C)(C)O. The van der Waals surface area contributed by atoms with Crippen molar-refractivity contribution < 1.29 is 28.3 Å². The van der Waals surface area contributed by atoms with Gasteiger partial charge in [0.2, 0.25) is 5.91 Å². The van der Waals surface area contributed by atoms with E-state index in [0.717, 1.165) is 5.56 Å². The highest BCUT2D eigenvalue weighted by Crippen LogP contribution is 2.51. The Kier molecular flexibility index (Phi) is 9.85. The molecule has 3 aromatic carbocycles. The van der Waals surface area contributed by atoms with Crippen LogP contribution in [0.3, 0.4) is 0 Å². The number of benzene rings is 3. The predicted octanol–water partition coefficient (Wildman–Crippen LogP) is 6.74. The third kappa shape index (κ3) is 7.27. The predicted molar refractivity (Wildman–Crippen MR) is 178 cm³/mol. The molecule has 0 aliphatic carbocycles. The second kappa shape index (κ2) is 13.5. The summed E-state index contributed by atoms with van der Waals surface area (Å²) in [6, 6.07) is 16.3. The molecule has 3 atom stereocenters. The van der Waals surface area contributed by atoms with Crippen LogP contribution >= 0.6 is 0 Å². The van der Waals surface area contributed by atoms with Crippen molar-refractivity contribution in [3.8, 4) is 5.75 Å². The zero-order valence-corrected chi connectivity index (χ0v) is 27.9. The Balaban J connectivity index is 1.41. The quantitative estimate of drug-likeness (QED) is 0.144. The third-order valence-electron chi connectivity index (χ3n) is 9.90. The lowest BCUT2D eigenvalue weighted by Gasteiger charge is -2.48. The first-order valence-corrected chi connectivity index (χ1v) is 18.9. The standard InChI is InChI=1S/C35H44F2N4O4Si/c1-35(2,46(3,4)45)22-24(23-5-8-25(36)9-6-23)7-15-30-32(41(33(30)43)28-13-10-26(37)11-14-28)29-16-12-27(21-31(29)42)39-34(44)40-19-17-38-18-20-40/h5-6,8-14,16,21,24,30,32,38,42,45H,7,15,17-20,22H2,1-4H3,(H,39,44)/t24-,30?,32-/m1/s1. The Morgan fingerprint density at radius 3 is 2.22 bits per heavy atom. The zero-order chi connectivity index (χ0) is 33.2. The van der Waals surface area contributed by atoms with Crippen molar-refractivity contribution in [2.75, 3.05) is 36.4 Å². The molecule has 5 rings (SSSR count). The van der Waals surface area contributed by atoms with Crippen LogP contribution in [0.25, 0.3) is 0 Å². The number of amides is 3. The number of phenolic OH excluding ortho intramolecular Hbond substituents is 1. The number of nitrogens with zero attached hydrogens (tertiary/aromatic N) is 2. The summed E-state index contributed by atoms with van der Waals surface area (Å²) in [6.45, 7) is 10.6. The van der Waals surface area contributed by atoms with Crippen LogP contribution < -0.4 is 15.5 Å². The fourth-order valence-corrected chi connectivity index (χ4v) is 7.13. The van der Waals surface area contributed by atoms with Crippen molar-refractivity contribution in [2.24, 2.45) is 5.92 Å². The molecule has 3 amide bonds. The maximum atomic E-state index is 13.8. The molecule has 2 fully saturated rings. The number of hydrogen-bond acceptors (Lipinski definition) is 5. The van der Waals surface area contributed by atoms with Crippen LogP contribution in [0.15, 0.2) is 66.7 Å². The number of β-lactam (4-membered cyclic amide) rings is 1. The molecule has 2 saturated heterocycles. The molecule has 246 valence electrons. The van der Waals surface area contributed by atoms with Gasteiger partial charge in [0, 0.05) is 49.2 Å². The Hall–Kier alpha value is -3.80. The van der Waals surface area contributed by atoms with Crippen LogP contribution in [0, 0.1) is 17.6 Å². The molecule has 2 heterocycles. The van der Waals surface area contributed by atoms with Gasteiger partial charge in [0.1, 0.15) is 17.4 Å². The number of urea groups is 1. The van der Waals surface area contributed by atoms with E-state index in [1.807, 2.05) is 13.1 Å². The van der Waals surface area contributed by atoms with E-state index < -0.39 is 26.1 Å². The molecule has 1 unspecified atom stereocenters. The van der Waals surface area contributed by atoms with E-state index in [1.54, 1.807) is 46.2 Å². The molecule has 0 bridgehead atoms. The molecule has 0 spiro atoms. The van der Waals surface area contributed by atoms with Gasteiger partial charge in [-0.05, 0) is 91.3 Å². The first-order valence-electron chi connectivity index (χ1n) is 15.9. The number of carbonyl (C=O) groups is 2. The average Bonchev–Trinajstić information content (AvgIpc) is 3.01. The smallest absolute Gasteiger partial charge is 0.321 e. The first kappa shape index (κ1) is 33.6. The number of nitrogens with one attached hydrogen (secondary N) is 2. The molecule has 46 heavy (non-hydrogen) atoms. The molecule has 0 aromatic heterocycles. The number of rotatable bonds is 10. The largest absolute Gasteiger partial charge is 0.508 e. The van der Waals surface area contributed by atoms with E-state index in [0.29, 0.717) is 62.4 Å². The summed E-state index contributed by atoms with van der Waals surface area (Å²) < 4.78 is 27.7. The van der Waals surface area contributed by atoms with Crippen LogP contribution in [-0.4, -0.2) is 61.2 Å². The molecule has 3 aromatic rings. The summed E-state index contributed by atoms with van der Waals surface area (Å²) >= 11 is 0. The molecule has 0 saturated carbocycles. The normalized spacial score (nSPS) is 19.5. The van der Waals surface area contributed by atoms with Gasteiger partial charge in [0.15, 0.2) is 8.32 Å². The van der Waals surface area contributed by atoms with Crippen LogP contribution in [-0.2, 0) is 4.79 Å². The zero-order valence-electron chi connectivity index (χ0n) is 26.9. The fraction of sp³-hybridized carbons (Fsp3) is 0.429. The monoisotopic (exact) mass is 650 g/mol. The lowest BCUT2D eigenvalue weighted by molar-refractivity contribution is -0.130. The highest BCUT2D eigenvalue weighted by atomic mass is 28.4. The molecule has 8 nitrogen and oxygen atoms in total. The number of halogens is 2. The maximum absolute atomic E-state index is 13.8. The summed E-state index contributed by atoms with van der Waals surface area (Å²) in [5.41, 5.74) is 2.43. The summed E-state index contributed by atoms with van der Waals surface area (Å²) in [7, 11) is -2.57. The van der Waals surface area contributed by atoms with Gasteiger partial charge in [-0.15, -0.1) is 0 Å². The molecular weight excluding hydrogens is 606 g/mol. The maximum Gasteiger partial charge on any atom is 0.321 e. The number of hydrogen-bond donors (Lipinski definition) is 4. The number of carbonyl (C=O) groups excluding carboxylic acids is 2. The Labute approximate surface area is 270 Å². The van der Waals surface area contributed by atoms with Crippen LogP contribution in [0.2, 0.25) is 18.1 Å². The fourth-order valence-electron chi connectivity index (χ4n) is 6.39. The van der Waals surface area contributed by atoms with Gasteiger partial charge >= 0.3 is 6.03 Å². The van der Waals surface area contributed by atoms with E-state index in [1.165, 1.54) is 30.3 Å². The first-order chi connectivity index (χ1) is 21.7. The van der Waals surface area contributed by atoms with E-state index in [-0.39, 0.29) is 34.5 Å². The number of phenols is 1. The molecule has 4 N–H and O–H groups in total. The number of anilines is 2. The lowest BCUT2D eigenvalue weighted by atomic mass is 9.75. The number of aromatic hydroxyl groups is 1. The van der Waals surface area contributed by atoms with Crippen molar-refractivity contribution in [1.29, 1.82) is 0 Å². The van der Waals surface area contributed by atoms with Gasteiger partial charge < -0.3 is 30.3 Å².